The van der Waals surface area contributed by atoms with Crippen LogP contribution in [0.25, 0.3) is 16.9 Å². The van der Waals surface area contributed by atoms with Crippen LogP contribution in [0.15, 0.2) is 42.6 Å². The molecule has 0 aliphatic heterocycles. The normalized spacial score (nSPS) is 10.6. The lowest BCUT2D eigenvalue weighted by Gasteiger charge is -2.10. The average Bonchev–Trinajstić information content (AvgIpc) is 3.10. The fourth-order valence-corrected chi connectivity index (χ4v) is 2.80. The number of nitrogens with one attached hydrogen (secondary N) is 1. The molecule has 6 nitrogen and oxygen atoms in total. The molecule has 0 saturated carbocycles. The predicted molar refractivity (Wildman–Crippen MR) is 100 cm³/mol. The first-order valence-electron chi connectivity index (χ1n) is 8.40. The van der Waals surface area contributed by atoms with E-state index in [4.69, 9.17) is 0 Å². The highest BCUT2D eigenvalue weighted by molar-refractivity contribution is 5.67. The molecular formula is C20H22N4O2. The molecule has 134 valence electrons. The van der Waals surface area contributed by atoms with Crippen LogP contribution in [-0.2, 0) is 11.3 Å². The number of methoxy groups -OCH3 is 1. The molecule has 1 N–H and O–H groups in total. The summed E-state index contributed by atoms with van der Waals surface area (Å²) in [5, 5.41) is 7.40. The Hall–Kier alpha value is -3.15. The fraction of sp³-hybridized carbons (Fsp3) is 0.250. The third kappa shape index (κ3) is 3.74. The van der Waals surface area contributed by atoms with E-state index in [9.17, 15) is 4.79 Å². The van der Waals surface area contributed by atoms with E-state index in [1.165, 1.54) is 7.11 Å². The SMILES string of the molecule is COC(=O)NCc1cc(-n2ccc(-c3ccc(C)nc3C)n2)ccc1C. The molecule has 3 aromatic rings. The number of hydrogen-bond acceptors (Lipinski definition) is 4. The van der Waals surface area contributed by atoms with Gasteiger partial charge in [-0.25, -0.2) is 9.48 Å². The lowest BCUT2D eigenvalue weighted by molar-refractivity contribution is 0.170. The Morgan fingerprint density at radius 1 is 1.15 bits per heavy atom. The van der Waals surface area contributed by atoms with Crippen molar-refractivity contribution in [3.63, 3.8) is 0 Å². The minimum absolute atomic E-state index is 0.404. The van der Waals surface area contributed by atoms with Crippen molar-refractivity contribution in [3.05, 3.63) is 65.1 Å². The number of ether oxygens (including phenoxy) is 1. The van der Waals surface area contributed by atoms with Crippen LogP contribution in [0.1, 0.15) is 22.5 Å². The topological polar surface area (TPSA) is 69.0 Å². The number of aromatic nitrogens is 3. The quantitative estimate of drug-likeness (QED) is 0.779. The largest absolute Gasteiger partial charge is 0.453 e. The highest BCUT2D eigenvalue weighted by atomic mass is 16.5. The highest BCUT2D eigenvalue weighted by Gasteiger charge is 2.09. The van der Waals surface area contributed by atoms with Gasteiger partial charge in [0.05, 0.1) is 18.5 Å². The monoisotopic (exact) mass is 350 g/mol. The third-order valence-electron chi connectivity index (χ3n) is 4.30. The molecule has 6 heteroatoms. The molecule has 0 unspecified atom stereocenters. The number of pyridine rings is 1. The van der Waals surface area contributed by atoms with Crippen molar-refractivity contribution in [1.82, 2.24) is 20.1 Å². The van der Waals surface area contributed by atoms with Crippen molar-refractivity contribution < 1.29 is 9.53 Å². The first kappa shape index (κ1) is 17.7. The second-order valence-electron chi connectivity index (χ2n) is 6.19. The second-order valence-corrected chi connectivity index (χ2v) is 6.19. The molecule has 0 spiro atoms. The van der Waals surface area contributed by atoms with E-state index in [2.05, 4.69) is 20.1 Å². The Balaban J connectivity index is 1.88. The maximum atomic E-state index is 11.3. The van der Waals surface area contributed by atoms with Gasteiger partial charge in [-0.3, -0.25) is 4.98 Å². The molecule has 26 heavy (non-hydrogen) atoms. The number of nitrogens with zero attached hydrogens (tertiary/aromatic N) is 3. The average molecular weight is 350 g/mol. The van der Waals surface area contributed by atoms with Crippen molar-refractivity contribution >= 4 is 6.09 Å². The maximum absolute atomic E-state index is 11.3. The third-order valence-corrected chi connectivity index (χ3v) is 4.30. The van der Waals surface area contributed by atoms with Crippen LogP contribution in [0.5, 0.6) is 0 Å². The van der Waals surface area contributed by atoms with Crippen LogP contribution >= 0.6 is 0 Å². The van der Waals surface area contributed by atoms with Gasteiger partial charge in [0.25, 0.3) is 0 Å². The zero-order valence-corrected chi connectivity index (χ0v) is 15.4. The lowest BCUT2D eigenvalue weighted by atomic mass is 10.1. The first-order chi connectivity index (χ1) is 12.5. The van der Waals surface area contributed by atoms with E-state index in [0.717, 1.165) is 39.5 Å². The van der Waals surface area contributed by atoms with Crippen LogP contribution in [-0.4, -0.2) is 28.0 Å². The number of aryl methyl sites for hydroxylation is 3. The molecule has 2 aromatic heterocycles. The molecule has 0 atom stereocenters. The smallest absolute Gasteiger partial charge is 0.407 e. The van der Waals surface area contributed by atoms with Crippen LogP contribution < -0.4 is 5.32 Å². The number of hydrogen-bond donors (Lipinski definition) is 1. The number of carbonyl (C=O) groups is 1. The zero-order chi connectivity index (χ0) is 18.7. The van der Waals surface area contributed by atoms with Gasteiger partial charge in [-0.1, -0.05) is 6.07 Å². The van der Waals surface area contributed by atoms with Gasteiger partial charge in [-0.05, 0) is 62.2 Å². The predicted octanol–water partition coefficient (Wildman–Crippen LogP) is 3.72. The molecule has 0 fully saturated rings. The molecule has 0 bridgehead atoms. The minimum Gasteiger partial charge on any atom is -0.453 e. The van der Waals surface area contributed by atoms with Crippen molar-refractivity contribution in [3.8, 4) is 16.9 Å². The Morgan fingerprint density at radius 2 is 1.96 bits per heavy atom. The van der Waals surface area contributed by atoms with Crippen LogP contribution in [0.4, 0.5) is 4.79 Å². The van der Waals surface area contributed by atoms with Gasteiger partial charge >= 0.3 is 6.09 Å². The van der Waals surface area contributed by atoms with E-state index < -0.39 is 6.09 Å². The van der Waals surface area contributed by atoms with Crippen LogP contribution in [0.2, 0.25) is 0 Å². The Morgan fingerprint density at radius 3 is 2.69 bits per heavy atom. The molecule has 1 aromatic carbocycles. The molecule has 1 amide bonds. The number of amides is 1. The molecule has 3 rings (SSSR count). The van der Waals surface area contributed by atoms with E-state index >= 15 is 0 Å². The Labute approximate surface area is 152 Å². The van der Waals surface area contributed by atoms with Gasteiger partial charge in [-0.15, -0.1) is 0 Å². The molecule has 0 radical (unpaired) electrons. The summed E-state index contributed by atoms with van der Waals surface area (Å²) in [6.45, 7) is 6.38. The summed E-state index contributed by atoms with van der Waals surface area (Å²) in [4.78, 5) is 15.8. The molecule has 2 heterocycles. The van der Waals surface area contributed by atoms with Gasteiger partial charge in [0.1, 0.15) is 0 Å². The van der Waals surface area contributed by atoms with Crippen molar-refractivity contribution in [2.75, 3.05) is 7.11 Å². The van der Waals surface area contributed by atoms with E-state index in [0.29, 0.717) is 6.54 Å². The number of benzene rings is 1. The summed E-state index contributed by atoms with van der Waals surface area (Å²) in [7, 11) is 1.35. The number of carbonyl (C=O) groups excluding carboxylic acids is 1. The summed E-state index contributed by atoms with van der Waals surface area (Å²) < 4.78 is 6.45. The van der Waals surface area contributed by atoms with E-state index in [1.54, 1.807) is 0 Å². The number of rotatable bonds is 4. The number of alkyl carbamates (subject to hydrolysis) is 1. The summed E-state index contributed by atoms with van der Waals surface area (Å²) in [5.74, 6) is 0. The zero-order valence-electron chi connectivity index (χ0n) is 15.4. The van der Waals surface area contributed by atoms with Gasteiger partial charge in [0, 0.05) is 29.7 Å². The van der Waals surface area contributed by atoms with Crippen molar-refractivity contribution in [1.29, 1.82) is 0 Å². The molecule has 0 aliphatic carbocycles. The summed E-state index contributed by atoms with van der Waals surface area (Å²) in [6, 6.07) is 12.1. The lowest BCUT2D eigenvalue weighted by Crippen LogP contribution is -2.22. The molecule has 0 saturated heterocycles. The maximum Gasteiger partial charge on any atom is 0.407 e. The first-order valence-corrected chi connectivity index (χ1v) is 8.40. The molecule has 0 aliphatic rings. The van der Waals surface area contributed by atoms with Crippen molar-refractivity contribution in [2.45, 2.75) is 27.3 Å². The highest BCUT2D eigenvalue weighted by Crippen LogP contribution is 2.22. The van der Waals surface area contributed by atoms with E-state index in [1.807, 2.05) is 68.0 Å². The summed E-state index contributed by atoms with van der Waals surface area (Å²) in [5.41, 5.74) is 6.89. The second kappa shape index (κ2) is 7.39. The Bertz CT molecular complexity index is 947. The van der Waals surface area contributed by atoms with Gasteiger partial charge < -0.3 is 10.1 Å². The van der Waals surface area contributed by atoms with Gasteiger partial charge in [0.15, 0.2) is 0 Å². The summed E-state index contributed by atoms with van der Waals surface area (Å²) in [6.07, 6.45) is 1.48. The van der Waals surface area contributed by atoms with E-state index in [-0.39, 0.29) is 0 Å². The van der Waals surface area contributed by atoms with Gasteiger partial charge in [0.2, 0.25) is 0 Å². The fourth-order valence-electron chi connectivity index (χ4n) is 2.80. The molecular weight excluding hydrogens is 328 g/mol. The Kier molecular flexibility index (Phi) is 5.02. The van der Waals surface area contributed by atoms with Crippen LogP contribution in [0.3, 0.4) is 0 Å². The van der Waals surface area contributed by atoms with Crippen LogP contribution in [0, 0.1) is 20.8 Å². The summed E-state index contributed by atoms with van der Waals surface area (Å²) >= 11 is 0. The van der Waals surface area contributed by atoms with Crippen molar-refractivity contribution in [2.24, 2.45) is 0 Å². The van der Waals surface area contributed by atoms with Gasteiger partial charge in [-0.2, -0.15) is 5.10 Å². The minimum atomic E-state index is -0.446. The standard InChI is InChI=1S/C20H22N4O2/c1-13-5-7-17(11-16(13)12-21-20(25)26-4)24-10-9-19(23-24)18-8-6-14(2)22-15(18)3/h5-11H,12H2,1-4H3,(H,21,25).